The molecule has 0 aromatic heterocycles. The van der Waals surface area contributed by atoms with Crippen molar-refractivity contribution in [3.63, 3.8) is 0 Å². The molecule has 5 heteroatoms. The van der Waals surface area contributed by atoms with Gasteiger partial charge >= 0.3 is 0 Å². The predicted octanol–water partition coefficient (Wildman–Crippen LogP) is 2.50. The number of aromatic hydroxyl groups is 2. The number of rotatable bonds is 2. The lowest BCUT2D eigenvalue weighted by atomic mass is 9.68. The summed E-state index contributed by atoms with van der Waals surface area (Å²) in [5.74, 6) is -3.13. The molecule has 1 fully saturated rings. The van der Waals surface area contributed by atoms with Crippen molar-refractivity contribution < 1.29 is 19.0 Å². The van der Waals surface area contributed by atoms with E-state index in [2.05, 4.69) is 0 Å². The fraction of sp³-hybridized carbons (Fsp3) is 0.538. The summed E-state index contributed by atoms with van der Waals surface area (Å²) in [7, 11) is 0. The average molecular weight is 257 g/mol. The van der Waals surface area contributed by atoms with E-state index in [1.165, 1.54) is 6.07 Å². The Bertz CT molecular complexity index is 439. The number of halogens is 2. The van der Waals surface area contributed by atoms with E-state index in [1.807, 2.05) is 0 Å². The lowest BCUT2D eigenvalue weighted by Gasteiger charge is -2.40. The van der Waals surface area contributed by atoms with Gasteiger partial charge in [-0.25, -0.2) is 8.78 Å². The van der Waals surface area contributed by atoms with Crippen LogP contribution in [0.15, 0.2) is 18.2 Å². The van der Waals surface area contributed by atoms with Crippen LogP contribution in [-0.4, -0.2) is 22.7 Å². The van der Waals surface area contributed by atoms with E-state index in [0.717, 1.165) is 0 Å². The van der Waals surface area contributed by atoms with Gasteiger partial charge in [-0.3, -0.25) is 0 Å². The fourth-order valence-electron chi connectivity index (χ4n) is 2.64. The highest BCUT2D eigenvalue weighted by atomic mass is 19.3. The minimum atomic E-state index is -2.65. The van der Waals surface area contributed by atoms with Crippen LogP contribution < -0.4 is 5.73 Å². The summed E-state index contributed by atoms with van der Waals surface area (Å²) in [6.07, 6.45) is -0.0420. The normalized spacial score (nSPS) is 21.7. The number of phenolic OH excluding ortho intramolecular Hbond substituents is 2. The van der Waals surface area contributed by atoms with Crippen LogP contribution in [0.25, 0.3) is 0 Å². The van der Waals surface area contributed by atoms with E-state index in [1.54, 1.807) is 12.1 Å². The molecular formula is C13H17F2NO2. The van der Waals surface area contributed by atoms with Gasteiger partial charge in [0.25, 0.3) is 0 Å². The second-order valence-electron chi connectivity index (χ2n) is 5.01. The van der Waals surface area contributed by atoms with Crippen molar-refractivity contribution in [2.24, 2.45) is 5.73 Å². The first kappa shape index (κ1) is 13.1. The summed E-state index contributed by atoms with van der Waals surface area (Å²) >= 11 is 0. The van der Waals surface area contributed by atoms with E-state index in [0.29, 0.717) is 5.56 Å². The van der Waals surface area contributed by atoms with Crippen LogP contribution >= 0.6 is 0 Å². The molecule has 4 N–H and O–H groups in total. The fourth-order valence-corrected chi connectivity index (χ4v) is 2.64. The van der Waals surface area contributed by atoms with Gasteiger partial charge in [0.15, 0.2) is 11.5 Å². The molecule has 1 aliphatic carbocycles. The highest BCUT2D eigenvalue weighted by molar-refractivity contribution is 5.48. The molecule has 0 bridgehead atoms. The maximum absolute atomic E-state index is 13.2. The van der Waals surface area contributed by atoms with Crippen molar-refractivity contribution in [1.29, 1.82) is 0 Å². The smallest absolute Gasteiger partial charge is 0.248 e. The zero-order valence-corrected chi connectivity index (χ0v) is 10.00. The topological polar surface area (TPSA) is 66.5 Å². The molecule has 0 atom stereocenters. The molecule has 0 spiro atoms. The second kappa shape index (κ2) is 4.39. The van der Waals surface area contributed by atoms with Gasteiger partial charge in [0.2, 0.25) is 5.92 Å². The molecule has 100 valence electrons. The standard InChI is InChI=1S/C13H17F2NO2/c14-13(15)6-4-12(8-16,5-7-13)9-2-1-3-10(17)11(9)18/h1-3,17-18H,4-8,16H2. The molecule has 0 aliphatic heterocycles. The van der Waals surface area contributed by atoms with Crippen molar-refractivity contribution >= 4 is 0 Å². The summed E-state index contributed by atoms with van der Waals surface area (Å²) in [6, 6.07) is 4.60. The molecule has 0 unspecified atom stereocenters. The van der Waals surface area contributed by atoms with Crippen LogP contribution in [0.4, 0.5) is 8.78 Å². The molecule has 1 aromatic rings. The molecule has 2 rings (SSSR count). The van der Waals surface area contributed by atoms with Crippen LogP contribution in [0.5, 0.6) is 11.5 Å². The van der Waals surface area contributed by atoms with Gasteiger partial charge in [0.1, 0.15) is 0 Å². The van der Waals surface area contributed by atoms with Gasteiger partial charge in [0.05, 0.1) is 0 Å². The molecule has 3 nitrogen and oxygen atoms in total. The molecule has 1 aromatic carbocycles. The van der Waals surface area contributed by atoms with Gasteiger partial charge in [-0.05, 0) is 18.9 Å². The molecular weight excluding hydrogens is 240 g/mol. The van der Waals surface area contributed by atoms with Gasteiger partial charge in [-0.15, -0.1) is 0 Å². The first-order chi connectivity index (χ1) is 8.40. The lowest BCUT2D eigenvalue weighted by molar-refractivity contribution is -0.0511. The van der Waals surface area contributed by atoms with Crippen LogP contribution in [0.2, 0.25) is 0 Å². The molecule has 0 saturated heterocycles. The minimum absolute atomic E-state index is 0.181. The summed E-state index contributed by atoms with van der Waals surface area (Å²) in [5.41, 5.74) is 5.55. The number of nitrogens with two attached hydrogens (primary N) is 1. The minimum Gasteiger partial charge on any atom is -0.504 e. The number of hydrogen-bond acceptors (Lipinski definition) is 3. The summed E-state index contributed by atoms with van der Waals surface area (Å²) in [6.45, 7) is 0.181. The van der Waals surface area contributed by atoms with Gasteiger partial charge in [-0.2, -0.15) is 0 Å². The van der Waals surface area contributed by atoms with Crippen LogP contribution in [0, 0.1) is 0 Å². The maximum atomic E-state index is 13.2. The Labute approximate surface area is 104 Å². The Kier molecular flexibility index (Phi) is 3.19. The Morgan fingerprint density at radius 3 is 2.28 bits per heavy atom. The molecule has 1 saturated carbocycles. The van der Waals surface area contributed by atoms with Crippen LogP contribution in [0.3, 0.4) is 0 Å². The van der Waals surface area contributed by atoms with E-state index in [4.69, 9.17) is 5.73 Å². The SMILES string of the molecule is NCC1(c2cccc(O)c2O)CCC(F)(F)CC1. The third-order valence-electron chi connectivity index (χ3n) is 3.92. The highest BCUT2D eigenvalue weighted by Crippen LogP contribution is 2.48. The largest absolute Gasteiger partial charge is 0.504 e. The quantitative estimate of drug-likeness (QED) is 0.713. The van der Waals surface area contributed by atoms with E-state index < -0.39 is 11.3 Å². The maximum Gasteiger partial charge on any atom is 0.248 e. The first-order valence-corrected chi connectivity index (χ1v) is 6.00. The van der Waals surface area contributed by atoms with E-state index >= 15 is 0 Å². The van der Waals surface area contributed by atoms with Crippen molar-refractivity contribution in [2.45, 2.75) is 37.0 Å². The van der Waals surface area contributed by atoms with E-state index in [-0.39, 0.29) is 43.7 Å². The molecule has 0 amide bonds. The average Bonchev–Trinajstić information content (AvgIpc) is 2.34. The van der Waals surface area contributed by atoms with Gasteiger partial charge < -0.3 is 15.9 Å². The molecule has 18 heavy (non-hydrogen) atoms. The Balaban J connectivity index is 2.37. The Morgan fingerprint density at radius 2 is 1.72 bits per heavy atom. The number of para-hydroxylation sites is 1. The van der Waals surface area contributed by atoms with Crippen LogP contribution in [0.1, 0.15) is 31.2 Å². The van der Waals surface area contributed by atoms with Crippen molar-refractivity contribution in [3.05, 3.63) is 23.8 Å². The molecule has 0 radical (unpaired) electrons. The predicted molar refractivity (Wildman–Crippen MR) is 63.9 cm³/mol. The second-order valence-corrected chi connectivity index (χ2v) is 5.01. The number of phenols is 2. The molecule has 1 aliphatic rings. The monoisotopic (exact) mass is 257 g/mol. The summed E-state index contributed by atoms with van der Waals surface area (Å²) in [5, 5.41) is 19.4. The lowest BCUT2D eigenvalue weighted by Crippen LogP contribution is -2.42. The Morgan fingerprint density at radius 1 is 1.11 bits per heavy atom. The highest BCUT2D eigenvalue weighted by Gasteiger charge is 2.44. The zero-order chi connectivity index (χ0) is 13.4. The van der Waals surface area contributed by atoms with Crippen molar-refractivity contribution in [3.8, 4) is 11.5 Å². The third kappa shape index (κ3) is 2.14. The first-order valence-electron chi connectivity index (χ1n) is 6.00. The van der Waals surface area contributed by atoms with Crippen molar-refractivity contribution in [1.82, 2.24) is 0 Å². The van der Waals surface area contributed by atoms with E-state index in [9.17, 15) is 19.0 Å². The molecule has 0 heterocycles. The van der Waals surface area contributed by atoms with Crippen molar-refractivity contribution in [2.75, 3.05) is 6.54 Å². The number of benzene rings is 1. The summed E-state index contributed by atoms with van der Waals surface area (Å²) in [4.78, 5) is 0. The van der Waals surface area contributed by atoms with Gasteiger partial charge in [-0.1, -0.05) is 12.1 Å². The summed E-state index contributed by atoms with van der Waals surface area (Å²) < 4.78 is 26.5. The third-order valence-corrected chi connectivity index (χ3v) is 3.92. The van der Waals surface area contributed by atoms with Crippen LogP contribution in [-0.2, 0) is 5.41 Å². The number of alkyl halides is 2. The number of hydrogen-bond donors (Lipinski definition) is 3. The Hall–Kier alpha value is -1.36. The zero-order valence-electron chi connectivity index (χ0n) is 10.00. The van der Waals surface area contributed by atoms with Gasteiger partial charge in [0, 0.05) is 30.4 Å².